The van der Waals surface area contributed by atoms with Gasteiger partial charge in [-0.05, 0) is 6.08 Å². The highest BCUT2D eigenvalue weighted by Crippen LogP contribution is 2.29. The van der Waals surface area contributed by atoms with Crippen LogP contribution >= 0.6 is 11.3 Å². The second kappa shape index (κ2) is 3.94. The van der Waals surface area contributed by atoms with Crippen LogP contribution in [0.4, 0.5) is 0 Å². The van der Waals surface area contributed by atoms with Gasteiger partial charge in [-0.15, -0.1) is 11.3 Å². The first-order valence-electron chi connectivity index (χ1n) is 4.59. The molecule has 15 heavy (non-hydrogen) atoms. The number of likely N-dealkylation sites (N-methyl/N-ethyl adjacent to an activating group) is 1. The quantitative estimate of drug-likeness (QED) is 0.802. The van der Waals surface area contributed by atoms with E-state index >= 15 is 0 Å². The summed E-state index contributed by atoms with van der Waals surface area (Å²) >= 11 is 1.47. The molecule has 1 aromatic heterocycles. The van der Waals surface area contributed by atoms with Crippen molar-refractivity contribution in [3.63, 3.8) is 0 Å². The second-order valence-electron chi connectivity index (χ2n) is 3.24. The van der Waals surface area contributed by atoms with E-state index in [1.807, 2.05) is 11.5 Å². The summed E-state index contributed by atoms with van der Waals surface area (Å²) in [5.74, 6) is -0.0643. The van der Waals surface area contributed by atoms with Crippen LogP contribution in [0.1, 0.15) is 5.01 Å². The average molecular weight is 221 g/mol. The number of aliphatic imine (C=N–C) groups is 1. The van der Waals surface area contributed by atoms with Gasteiger partial charge in [0.25, 0.3) is 0 Å². The van der Waals surface area contributed by atoms with E-state index in [2.05, 4.69) is 15.3 Å². The van der Waals surface area contributed by atoms with Crippen LogP contribution in [0.2, 0.25) is 0 Å². The fourth-order valence-electron chi connectivity index (χ4n) is 1.57. The first kappa shape index (κ1) is 10.0. The van der Waals surface area contributed by atoms with E-state index in [0.29, 0.717) is 6.54 Å². The van der Waals surface area contributed by atoms with Crippen LogP contribution in [0.3, 0.4) is 0 Å². The van der Waals surface area contributed by atoms with Crippen LogP contribution in [-0.2, 0) is 10.2 Å². The molecule has 78 valence electrons. The van der Waals surface area contributed by atoms with E-state index in [-0.39, 0.29) is 5.91 Å². The van der Waals surface area contributed by atoms with Gasteiger partial charge in [0.1, 0.15) is 10.4 Å². The highest BCUT2D eigenvalue weighted by Gasteiger charge is 2.40. The highest BCUT2D eigenvalue weighted by atomic mass is 32.1. The van der Waals surface area contributed by atoms with Crippen molar-refractivity contribution >= 4 is 23.5 Å². The number of carbonyl (C=O) groups excluding carboxylic acids is 1. The molecule has 0 spiro atoms. The largest absolute Gasteiger partial charge is 0.358 e. The summed E-state index contributed by atoms with van der Waals surface area (Å²) in [5.41, 5.74) is -0.711. The molecule has 5 heteroatoms. The van der Waals surface area contributed by atoms with Crippen molar-refractivity contribution in [1.82, 2.24) is 10.3 Å². The van der Waals surface area contributed by atoms with Crippen molar-refractivity contribution in [3.8, 4) is 0 Å². The third-order valence-electron chi connectivity index (χ3n) is 2.36. The zero-order valence-corrected chi connectivity index (χ0v) is 9.12. The van der Waals surface area contributed by atoms with Crippen LogP contribution < -0.4 is 5.32 Å². The number of hydrogen-bond donors (Lipinski definition) is 1. The van der Waals surface area contributed by atoms with Crippen molar-refractivity contribution in [2.75, 3.05) is 13.6 Å². The number of hydrogen-bond acceptors (Lipinski definition) is 4. The number of nitrogens with one attached hydrogen (secondary N) is 1. The summed E-state index contributed by atoms with van der Waals surface area (Å²) in [6.45, 7) is 0.427. The molecule has 1 aromatic rings. The van der Waals surface area contributed by atoms with Crippen LogP contribution in [0.25, 0.3) is 0 Å². The topological polar surface area (TPSA) is 54.4 Å². The van der Waals surface area contributed by atoms with E-state index < -0.39 is 5.41 Å². The fourth-order valence-corrected chi connectivity index (χ4v) is 2.38. The predicted molar refractivity (Wildman–Crippen MR) is 60.4 cm³/mol. The summed E-state index contributed by atoms with van der Waals surface area (Å²) in [6.07, 6.45) is 7.06. The molecule has 0 bridgehead atoms. The highest BCUT2D eigenvalue weighted by molar-refractivity contribution is 7.09. The van der Waals surface area contributed by atoms with Crippen LogP contribution in [0.15, 0.2) is 28.7 Å². The second-order valence-corrected chi connectivity index (χ2v) is 4.13. The molecular formula is C10H11N3OS. The molecule has 1 amide bonds. The molecule has 0 aliphatic carbocycles. The van der Waals surface area contributed by atoms with Crippen molar-refractivity contribution < 1.29 is 4.79 Å². The van der Waals surface area contributed by atoms with E-state index in [0.717, 1.165) is 5.01 Å². The minimum atomic E-state index is -0.711. The van der Waals surface area contributed by atoms with E-state index in [1.165, 1.54) is 11.3 Å². The molecule has 1 unspecified atom stereocenters. The molecule has 2 heterocycles. The monoisotopic (exact) mass is 221 g/mol. The lowest BCUT2D eigenvalue weighted by molar-refractivity contribution is -0.124. The van der Waals surface area contributed by atoms with Gasteiger partial charge in [0, 0.05) is 24.8 Å². The number of thiazole rings is 1. The molecule has 1 N–H and O–H groups in total. The number of amides is 1. The van der Waals surface area contributed by atoms with Crippen LogP contribution in [0.5, 0.6) is 0 Å². The maximum absolute atomic E-state index is 11.9. The van der Waals surface area contributed by atoms with Gasteiger partial charge in [-0.3, -0.25) is 9.79 Å². The molecule has 4 nitrogen and oxygen atoms in total. The van der Waals surface area contributed by atoms with E-state index in [9.17, 15) is 4.79 Å². The van der Waals surface area contributed by atoms with Crippen LogP contribution in [0, 0.1) is 0 Å². The SMILES string of the molecule is CNC(=O)C1(c2nccs2)C=CC=NC1. The van der Waals surface area contributed by atoms with Crippen molar-refractivity contribution in [2.24, 2.45) is 4.99 Å². The minimum absolute atomic E-state index is 0.0643. The Morgan fingerprint density at radius 1 is 1.67 bits per heavy atom. The fraction of sp³-hybridized carbons (Fsp3) is 0.300. The number of nitrogens with zero attached hydrogens (tertiary/aromatic N) is 2. The van der Waals surface area contributed by atoms with E-state index in [1.54, 1.807) is 25.5 Å². The molecule has 0 saturated carbocycles. The van der Waals surface area contributed by atoms with Gasteiger partial charge in [0.15, 0.2) is 0 Å². The maximum Gasteiger partial charge on any atom is 0.238 e. The van der Waals surface area contributed by atoms with E-state index in [4.69, 9.17) is 0 Å². The zero-order chi connectivity index (χ0) is 10.7. The molecule has 2 rings (SSSR count). The first-order chi connectivity index (χ1) is 7.29. The van der Waals surface area contributed by atoms with Gasteiger partial charge in [-0.2, -0.15) is 0 Å². The third-order valence-corrected chi connectivity index (χ3v) is 3.31. The summed E-state index contributed by atoms with van der Waals surface area (Å²) in [6, 6.07) is 0. The molecule has 0 fully saturated rings. The Morgan fingerprint density at radius 3 is 3.07 bits per heavy atom. The Kier molecular flexibility index (Phi) is 2.64. The molecule has 1 aliphatic heterocycles. The zero-order valence-electron chi connectivity index (χ0n) is 8.30. The lowest BCUT2D eigenvalue weighted by Crippen LogP contribution is -2.44. The van der Waals surface area contributed by atoms with Gasteiger partial charge in [-0.1, -0.05) is 6.08 Å². The standard InChI is InChI=1S/C10H11N3OS/c1-11-8(14)10(3-2-4-12-7-10)9-13-5-6-15-9/h2-6H,7H2,1H3,(H,11,14). The number of aromatic nitrogens is 1. The molecule has 1 aliphatic rings. The number of carbonyl (C=O) groups is 1. The Hall–Kier alpha value is -1.49. The average Bonchev–Trinajstić information content (AvgIpc) is 2.83. The Labute approximate surface area is 91.8 Å². The number of allylic oxidation sites excluding steroid dienone is 1. The van der Waals surface area contributed by atoms with Crippen LogP contribution in [-0.4, -0.2) is 30.7 Å². The minimum Gasteiger partial charge on any atom is -0.358 e. The Morgan fingerprint density at radius 2 is 2.53 bits per heavy atom. The van der Waals surface area contributed by atoms with Crippen molar-refractivity contribution in [1.29, 1.82) is 0 Å². The molecule has 0 saturated heterocycles. The van der Waals surface area contributed by atoms with Gasteiger partial charge in [0.2, 0.25) is 5.91 Å². The first-order valence-corrected chi connectivity index (χ1v) is 5.47. The van der Waals surface area contributed by atoms with Gasteiger partial charge < -0.3 is 5.32 Å². The summed E-state index contributed by atoms with van der Waals surface area (Å²) < 4.78 is 0. The number of rotatable bonds is 2. The van der Waals surface area contributed by atoms with Crippen molar-refractivity contribution in [2.45, 2.75) is 5.41 Å². The maximum atomic E-state index is 11.9. The Balaban J connectivity index is 2.45. The number of dihydropyridines is 1. The van der Waals surface area contributed by atoms with Gasteiger partial charge in [-0.25, -0.2) is 4.98 Å². The molecular weight excluding hydrogens is 210 g/mol. The normalized spacial score (nSPS) is 24.1. The molecule has 0 aromatic carbocycles. The lowest BCUT2D eigenvalue weighted by Gasteiger charge is -2.26. The summed E-state index contributed by atoms with van der Waals surface area (Å²) in [4.78, 5) is 20.3. The smallest absolute Gasteiger partial charge is 0.238 e. The van der Waals surface area contributed by atoms with Crippen molar-refractivity contribution in [3.05, 3.63) is 28.7 Å². The lowest BCUT2D eigenvalue weighted by atomic mass is 9.86. The summed E-state index contributed by atoms with van der Waals surface area (Å²) in [7, 11) is 1.63. The Bertz CT molecular complexity index is 410. The summed E-state index contributed by atoms with van der Waals surface area (Å²) in [5, 5.41) is 5.32. The molecule has 0 radical (unpaired) electrons. The van der Waals surface area contributed by atoms with Gasteiger partial charge >= 0.3 is 0 Å². The van der Waals surface area contributed by atoms with Gasteiger partial charge in [0.05, 0.1) is 6.54 Å². The predicted octanol–water partition coefficient (Wildman–Crippen LogP) is 0.767. The third kappa shape index (κ3) is 1.59. The molecule has 1 atom stereocenters.